The van der Waals surface area contributed by atoms with Crippen molar-refractivity contribution in [3.05, 3.63) is 42.1 Å². The van der Waals surface area contributed by atoms with Crippen LogP contribution in [0.25, 0.3) is 10.9 Å². The summed E-state index contributed by atoms with van der Waals surface area (Å²) >= 11 is 0. The average molecular weight is 227 g/mol. The minimum Gasteiger partial charge on any atom is -0.294 e. The van der Waals surface area contributed by atoms with Gasteiger partial charge in [0.05, 0.1) is 5.52 Å². The molecule has 0 aliphatic heterocycles. The number of pyridine rings is 1. The molecule has 0 atom stereocenters. The molecule has 17 heavy (non-hydrogen) atoms. The molecule has 0 saturated heterocycles. The van der Waals surface area contributed by atoms with Crippen LogP contribution in [0.4, 0.5) is 0 Å². The first-order chi connectivity index (χ1) is 8.18. The number of hydrogen-bond donors (Lipinski definition) is 0. The lowest BCUT2D eigenvalue weighted by Gasteiger charge is -2.06. The van der Waals surface area contributed by atoms with Crippen molar-refractivity contribution >= 4 is 16.7 Å². The van der Waals surface area contributed by atoms with Gasteiger partial charge in [-0.25, -0.2) is 0 Å². The summed E-state index contributed by atoms with van der Waals surface area (Å²) in [6.07, 6.45) is 3.27. The fourth-order valence-corrected chi connectivity index (χ4v) is 1.89. The van der Waals surface area contributed by atoms with E-state index in [0.717, 1.165) is 22.9 Å². The van der Waals surface area contributed by atoms with Crippen LogP contribution in [-0.4, -0.2) is 10.8 Å². The molecule has 0 unspecified atom stereocenters. The summed E-state index contributed by atoms with van der Waals surface area (Å²) in [5.41, 5.74) is 1.69. The van der Waals surface area contributed by atoms with Gasteiger partial charge in [-0.05, 0) is 24.5 Å². The maximum Gasteiger partial charge on any atom is 0.163 e. The van der Waals surface area contributed by atoms with Crippen LogP contribution < -0.4 is 0 Å². The standard InChI is InChI=1S/C15H17NO/c1-11(2)7-8-15(17)13-9-10-16-14-6-4-3-5-12(13)14/h3-6,9-11H,7-8H2,1-2H3. The minimum atomic E-state index is 0.220. The number of benzene rings is 1. The Balaban J connectivity index is 2.32. The summed E-state index contributed by atoms with van der Waals surface area (Å²) in [6, 6.07) is 9.62. The maximum absolute atomic E-state index is 12.1. The van der Waals surface area contributed by atoms with Crippen LogP contribution in [0.15, 0.2) is 36.5 Å². The predicted octanol–water partition coefficient (Wildman–Crippen LogP) is 3.85. The van der Waals surface area contributed by atoms with Gasteiger partial charge in [-0.15, -0.1) is 0 Å². The zero-order valence-electron chi connectivity index (χ0n) is 10.3. The third-order valence-corrected chi connectivity index (χ3v) is 2.90. The number of carbonyl (C=O) groups excluding carboxylic acids is 1. The van der Waals surface area contributed by atoms with E-state index in [1.165, 1.54) is 0 Å². The number of hydrogen-bond acceptors (Lipinski definition) is 2. The number of fused-ring (bicyclic) bond motifs is 1. The van der Waals surface area contributed by atoms with Crippen LogP contribution in [0.1, 0.15) is 37.0 Å². The van der Waals surface area contributed by atoms with Crippen LogP contribution in [-0.2, 0) is 0 Å². The van der Waals surface area contributed by atoms with Crippen LogP contribution in [0.2, 0.25) is 0 Å². The number of rotatable bonds is 4. The van der Waals surface area contributed by atoms with Gasteiger partial charge in [-0.1, -0.05) is 32.0 Å². The molecule has 1 aromatic carbocycles. The Morgan fingerprint density at radius 2 is 2.00 bits per heavy atom. The number of para-hydroxylation sites is 1. The van der Waals surface area contributed by atoms with Crippen molar-refractivity contribution in [2.75, 3.05) is 0 Å². The smallest absolute Gasteiger partial charge is 0.163 e. The zero-order valence-corrected chi connectivity index (χ0v) is 10.3. The molecule has 0 spiro atoms. The van der Waals surface area contributed by atoms with E-state index in [1.54, 1.807) is 6.20 Å². The molecule has 2 aromatic rings. The molecule has 1 heterocycles. The molecule has 0 aliphatic rings. The zero-order chi connectivity index (χ0) is 12.3. The van der Waals surface area contributed by atoms with Crippen molar-refractivity contribution in [1.82, 2.24) is 4.98 Å². The van der Waals surface area contributed by atoms with Gasteiger partial charge in [-0.2, -0.15) is 0 Å². The Bertz CT molecular complexity index is 526. The second-order valence-corrected chi connectivity index (χ2v) is 4.73. The van der Waals surface area contributed by atoms with E-state index in [9.17, 15) is 4.79 Å². The maximum atomic E-state index is 12.1. The highest BCUT2D eigenvalue weighted by molar-refractivity contribution is 6.07. The molecule has 0 N–H and O–H groups in total. The number of nitrogens with zero attached hydrogens (tertiary/aromatic N) is 1. The van der Waals surface area contributed by atoms with Gasteiger partial charge < -0.3 is 0 Å². The fraction of sp³-hybridized carbons (Fsp3) is 0.333. The summed E-state index contributed by atoms with van der Waals surface area (Å²) in [5.74, 6) is 0.782. The number of carbonyl (C=O) groups is 1. The van der Waals surface area contributed by atoms with Gasteiger partial charge in [0.15, 0.2) is 5.78 Å². The van der Waals surface area contributed by atoms with Crippen LogP contribution in [0.5, 0.6) is 0 Å². The largest absolute Gasteiger partial charge is 0.294 e. The first-order valence-corrected chi connectivity index (χ1v) is 6.05. The lowest BCUT2D eigenvalue weighted by Crippen LogP contribution is -2.02. The highest BCUT2D eigenvalue weighted by atomic mass is 16.1. The summed E-state index contributed by atoms with van der Waals surface area (Å²) in [6.45, 7) is 4.27. The van der Waals surface area contributed by atoms with E-state index in [1.807, 2.05) is 30.3 Å². The van der Waals surface area contributed by atoms with Gasteiger partial charge in [0, 0.05) is 23.6 Å². The summed E-state index contributed by atoms with van der Waals surface area (Å²) in [4.78, 5) is 16.4. The van der Waals surface area contributed by atoms with E-state index in [4.69, 9.17) is 0 Å². The molecule has 2 heteroatoms. The molecule has 0 radical (unpaired) electrons. The highest BCUT2D eigenvalue weighted by Gasteiger charge is 2.10. The topological polar surface area (TPSA) is 30.0 Å². The van der Waals surface area contributed by atoms with Crippen molar-refractivity contribution < 1.29 is 4.79 Å². The van der Waals surface area contributed by atoms with E-state index >= 15 is 0 Å². The van der Waals surface area contributed by atoms with Crippen molar-refractivity contribution in [1.29, 1.82) is 0 Å². The van der Waals surface area contributed by atoms with Gasteiger partial charge in [0.25, 0.3) is 0 Å². The highest BCUT2D eigenvalue weighted by Crippen LogP contribution is 2.19. The Morgan fingerprint density at radius 3 is 2.76 bits per heavy atom. The molecule has 0 bridgehead atoms. The third-order valence-electron chi connectivity index (χ3n) is 2.90. The first kappa shape index (κ1) is 11.8. The SMILES string of the molecule is CC(C)CCC(=O)c1ccnc2ccccc12. The molecule has 88 valence electrons. The lowest BCUT2D eigenvalue weighted by atomic mass is 9.99. The molecule has 0 aliphatic carbocycles. The monoisotopic (exact) mass is 227 g/mol. The van der Waals surface area contributed by atoms with Crippen molar-refractivity contribution in [2.24, 2.45) is 5.92 Å². The van der Waals surface area contributed by atoms with Gasteiger partial charge >= 0.3 is 0 Å². The molecular weight excluding hydrogens is 210 g/mol. The average Bonchev–Trinajstić information content (AvgIpc) is 2.35. The second kappa shape index (κ2) is 5.09. The Labute approximate surface area is 102 Å². The van der Waals surface area contributed by atoms with Gasteiger partial charge in [-0.3, -0.25) is 9.78 Å². The number of ketones is 1. The second-order valence-electron chi connectivity index (χ2n) is 4.73. The van der Waals surface area contributed by atoms with Crippen LogP contribution >= 0.6 is 0 Å². The molecule has 0 saturated carbocycles. The quantitative estimate of drug-likeness (QED) is 0.742. The number of Topliss-reactive ketones (excluding diaryl/α,β-unsaturated/α-hetero) is 1. The van der Waals surface area contributed by atoms with Crippen molar-refractivity contribution in [3.8, 4) is 0 Å². The minimum absolute atomic E-state index is 0.220. The molecule has 2 rings (SSSR count). The summed E-state index contributed by atoms with van der Waals surface area (Å²) in [5, 5.41) is 0.962. The van der Waals surface area contributed by atoms with Gasteiger partial charge in [0.2, 0.25) is 0 Å². The van der Waals surface area contributed by atoms with E-state index < -0.39 is 0 Å². The summed E-state index contributed by atoms with van der Waals surface area (Å²) in [7, 11) is 0. The van der Waals surface area contributed by atoms with Crippen molar-refractivity contribution in [3.63, 3.8) is 0 Å². The summed E-state index contributed by atoms with van der Waals surface area (Å²) < 4.78 is 0. The lowest BCUT2D eigenvalue weighted by molar-refractivity contribution is 0.0977. The molecule has 0 amide bonds. The van der Waals surface area contributed by atoms with E-state index in [2.05, 4.69) is 18.8 Å². The third kappa shape index (κ3) is 2.70. The number of aromatic nitrogens is 1. The fourth-order valence-electron chi connectivity index (χ4n) is 1.89. The van der Waals surface area contributed by atoms with E-state index in [-0.39, 0.29) is 5.78 Å². The van der Waals surface area contributed by atoms with Crippen LogP contribution in [0.3, 0.4) is 0 Å². The molecule has 1 aromatic heterocycles. The molecule has 0 fully saturated rings. The van der Waals surface area contributed by atoms with E-state index in [0.29, 0.717) is 12.3 Å². The first-order valence-electron chi connectivity index (χ1n) is 6.05. The predicted molar refractivity (Wildman–Crippen MR) is 70.1 cm³/mol. The normalized spacial score (nSPS) is 11.0. The van der Waals surface area contributed by atoms with Crippen molar-refractivity contribution in [2.45, 2.75) is 26.7 Å². The Hall–Kier alpha value is -1.70. The molecule has 2 nitrogen and oxygen atoms in total. The van der Waals surface area contributed by atoms with Crippen LogP contribution in [0, 0.1) is 5.92 Å². The van der Waals surface area contributed by atoms with Gasteiger partial charge in [0.1, 0.15) is 0 Å². The Morgan fingerprint density at radius 1 is 1.24 bits per heavy atom. The molecular formula is C15H17NO. The Kier molecular flexibility index (Phi) is 3.52.